The zero-order valence-electron chi connectivity index (χ0n) is 13.9. The molecule has 1 aliphatic heterocycles. The summed E-state index contributed by atoms with van der Waals surface area (Å²) in [6.45, 7) is 8.76. The van der Waals surface area contributed by atoms with E-state index in [4.69, 9.17) is 4.74 Å². The van der Waals surface area contributed by atoms with Crippen molar-refractivity contribution in [3.63, 3.8) is 0 Å². The van der Waals surface area contributed by atoms with E-state index >= 15 is 0 Å². The molecule has 22 heavy (non-hydrogen) atoms. The summed E-state index contributed by atoms with van der Waals surface area (Å²) in [7, 11) is 1.74. The summed E-state index contributed by atoms with van der Waals surface area (Å²) in [6, 6.07) is 1.91. The second-order valence-electron chi connectivity index (χ2n) is 6.14. The number of nitrogens with one attached hydrogen (secondary N) is 1. The van der Waals surface area contributed by atoms with Gasteiger partial charge in [0.15, 0.2) is 0 Å². The lowest BCUT2D eigenvalue weighted by atomic mass is 10.1. The minimum absolute atomic E-state index is 0.0200. The fourth-order valence-electron chi connectivity index (χ4n) is 2.82. The number of aryl methyl sites for hydroxylation is 2. The minimum Gasteiger partial charge on any atom is -0.385 e. The van der Waals surface area contributed by atoms with Crippen LogP contribution in [0.25, 0.3) is 0 Å². The summed E-state index contributed by atoms with van der Waals surface area (Å²) in [4.78, 5) is 18.9. The third-order valence-corrected chi connectivity index (χ3v) is 4.35. The van der Waals surface area contributed by atoms with Crippen LogP contribution >= 0.6 is 0 Å². The van der Waals surface area contributed by atoms with E-state index in [9.17, 15) is 4.79 Å². The molecule has 0 spiro atoms. The van der Waals surface area contributed by atoms with Gasteiger partial charge in [-0.15, -0.1) is 0 Å². The van der Waals surface area contributed by atoms with Gasteiger partial charge in [-0.1, -0.05) is 0 Å². The average Bonchev–Trinajstić information content (AvgIpc) is 2.96. The number of carbonyl (C=O) groups excluding carboxylic acids is 1. The van der Waals surface area contributed by atoms with Crippen LogP contribution in [0, 0.1) is 19.8 Å². The highest BCUT2D eigenvalue weighted by Gasteiger charge is 2.22. The van der Waals surface area contributed by atoms with E-state index in [-0.39, 0.29) is 5.91 Å². The van der Waals surface area contributed by atoms with Crippen LogP contribution in [0.2, 0.25) is 0 Å². The number of hydrogen-bond acceptors (Lipinski definition) is 4. The van der Waals surface area contributed by atoms with Crippen LogP contribution in [0.5, 0.6) is 0 Å². The first-order valence-electron chi connectivity index (χ1n) is 8.03. The van der Waals surface area contributed by atoms with E-state index in [1.807, 2.05) is 19.9 Å². The Hall–Kier alpha value is -1.46. The first-order valence-corrected chi connectivity index (χ1v) is 8.03. The number of ether oxygens (including phenoxy) is 1. The first kappa shape index (κ1) is 16.9. The molecule has 2 heterocycles. The van der Waals surface area contributed by atoms with Crippen LogP contribution in [0.3, 0.4) is 0 Å². The lowest BCUT2D eigenvalue weighted by Crippen LogP contribution is -2.31. The maximum Gasteiger partial charge on any atom is 0.252 e. The number of hydrogen-bond donors (Lipinski definition) is 1. The van der Waals surface area contributed by atoms with Crippen molar-refractivity contribution in [1.29, 1.82) is 0 Å². The highest BCUT2D eigenvalue weighted by atomic mass is 16.5. The number of amides is 1. The highest BCUT2D eigenvalue weighted by molar-refractivity contribution is 5.94. The van der Waals surface area contributed by atoms with Gasteiger partial charge in [-0.05, 0) is 50.8 Å². The van der Waals surface area contributed by atoms with Crippen molar-refractivity contribution < 1.29 is 9.53 Å². The molecule has 122 valence electrons. The third-order valence-electron chi connectivity index (χ3n) is 4.35. The monoisotopic (exact) mass is 305 g/mol. The molecule has 5 heteroatoms. The van der Waals surface area contributed by atoms with Gasteiger partial charge in [-0.25, -0.2) is 0 Å². The lowest BCUT2D eigenvalue weighted by molar-refractivity contribution is 0.0947. The molecule has 1 aromatic rings. The number of carbonyl (C=O) groups is 1. The van der Waals surface area contributed by atoms with Crippen molar-refractivity contribution in [2.45, 2.75) is 26.7 Å². The molecule has 1 atom stereocenters. The quantitative estimate of drug-likeness (QED) is 0.780. The molecule has 0 radical (unpaired) electrons. The van der Waals surface area contributed by atoms with Crippen molar-refractivity contribution in [2.24, 2.45) is 5.92 Å². The number of methoxy groups -OCH3 is 1. The van der Waals surface area contributed by atoms with E-state index in [0.29, 0.717) is 11.5 Å². The van der Waals surface area contributed by atoms with Crippen LogP contribution in [-0.2, 0) is 4.74 Å². The summed E-state index contributed by atoms with van der Waals surface area (Å²) in [5.74, 6) is 0.527. The van der Waals surface area contributed by atoms with Crippen LogP contribution in [0.1, 0.15) is 34.5 Å². The Morgan fingerprint density at radius 1 is 1.50 bits per heavy atom. The number of aromatic nitrogens is 1. The fourth-order valence-corrected chi connectivity index (χ4v) is 2.82. The largest absolute Gasteiger partial charge is 0.385 e. The maximum absolute atomic E-state index is 12.2. The molecule has 1 aliphatic rings. The Balaban J connectivity index is 1.74. The molecular weight excluding hydrogens is 278 g/mol. The van der Waals surface area contributed by atoms with E-state index in [0.717, 1.165) is 56.9 Å². The molecule has 1 saturated heterocycles. The Morgan fingerprint density at radius 3 is 3.05 bits per heavy atom. The van der Waals surface area contributed by atoms with E-state index in [1.165, 1.54) is 0 Å². The second-order valence-corrected chi connectivity index (χ2v) is 6.14. The molecule has 0 aromatic carbocycles. The van der Waals surface area contributed by atoms with Gasteiger partial charge < -0.3 is 15.0 Å². The first-order chi connectivity index (χ1) is 10.6. The second kappa shape index (κ2) is 8.25. The van der Waals surface area contributed by atoms with E-state index in [1.54, 1.807) is 13.3 Å². The van der Waals surface area contributed by atoms with Crippen LogP contribution < -0.4 is 5.32 Å². The van der Waals surface area contributed by atoms with Gasteiger partial charge in [0.05, 0.1) is 5.56 Å². The predicted octanol–water partition coefficient (Wildman–Crippen LogP) is 1.79. The summed E-state index contributed by atoms with van der Waals surface area (Å²) in [5, 5.41) is 3.05. The molecule has 1 aromatic heterocycles. The van der Waals surface area contributed by atoms with Gasteiger partial charge >= 0.3 is 0 Å². The summed E-state index contributed by atoms with van der Waals surface area (Å²) < 4.78 is 5.08. The van der Waals surface area contributed by atoms with Crippen molar-refractivity contribution in [3.05, 3.63) is 29.1 Å². The Morgan fingerprint density at radius 2 is 2.32 bits per heavy atom. The van der Waals surface area contributed by atoms with Gasteiger partial charge in [0, 0.05) is 45.2 Å². The molecular formula is C17H27N3O2. The number of likely N-dealkylation sites (tertiary alicyclic amines) is 1. The smallest absolute Gasteiger partial charge is 0.252 e. The molecule has 2 rings (SSSR count). The number of pyridine rings is 1. The minimum atomic E-state index is -0.0200. The lowest BCUT2D eigenvalue weighted by Gasteiger charge is -2.16. The predicted molar refractivity (Wildman–Crippen MR) is 87.1 cm³/mol. The van der Waals surface area contributed by atoms with Gasteiger partial charge in [0.1, 0.15) is 0 Å². The van der Waals surface area contributed by atoms with Crippen molar-refractivity contribution in [2.75, 3.05) is 39.9 Å². The summed E-state index contributed by atoms with van der Waals surface area (Å²) >= 11 is 0. The van der Waals surface area contributed by atoms with E-state index < -0.39 is 0 Å². The van der Waals surface area contributed by atoms with Gasteiger partial charge in [0.25, 0.3) is 5.91 Å². The van der Waals surface area contributed by atoms with Gasteiger partial charge in [-0.2, -0.15) is 0 Å². The normalized spacial score (nSPS) is 18.6. The SMILES string of the molecule is COCCCN1CCC(CNC(=O)c2cnc(C)c(C)c2)C1. The Kier molecular flexibility index (Phi) is 6.34. The zero-order chi connectivity index (χ0) is 15.9. The maximum atomic E-state index is 12.2. The van der Waals surface area contributed by atoms with Gasteiger partial charge in [-0.3, -0.25) is 9.78 Å². The summed E-state index contributed by atoms with van der Waals surface area (Å²) in [6.07, 6.45) is 3.88. The molecule has 1 unspecified atom stereocenters. The number of nitrogens with zero attached hydrogens (tertiary/aromatic N) is 2. The van der Waals surface area contributed by atoms with E-state index in [2.05, 4.69) is 15.2 Å². The Bertz CT molecular complexity index is 505. The molecule has 0 bridgehead atoms. The number of rotatable bonds is 7. The zero-order valence-corrected chi connectivity index (χ0v) is 13.9. The molecule has 1 amide bonds. The van der Waals surface area contributed by atoms with Crippen LogP contribution in [0.4, 0.5) is 0 Å². The molecule has 5 nitrogen and oxygen atoms in total. The molecule has 1 N–H and O–H groups in total. The highest BCUT2D eigenvalue weighted by Crippen LogP contribution is 2.15. The topological polar surface area (TPSA) is 54.5 Å². The van der Waals surface area contributed by atoms with Crippen LogP contribution in [0.15, 0.2) is 12.3 Å². The molecule has 0 saturated carbocycles. The fraction of sp³-hybridized carbons (Fsp3) is 0.647. The average molecular weight is 305 g/mol. The Labute approximate surface area is 133 Å². The van der Waals surface area contributed by atoms with Crippen LogP contribution in [-0.4, -0.2) is 55.7 Å². The van der Waals surface area contributed by atoms with Crippen molar-refractivity contribution in [3.8, 4) is 0 Å². The molecule has 1 fully saturated rings. The molecule has 0 aliphatic carbocycles. The third kappa shape index (κ3) is 4.78. The standard InChI is InChI=1S/C17H27N3O2/c1-13-9-16(11-18-14(13)2)17(21)19-10-15-5-7-20(12-15)6-4-8-22-3/h9,11,15H,4-8,10,12H2,1-3H3,(H,19,21). The van der Waals surface area contributed by atoms with Gasteiger partial charge in [0.2, 0.25) is 0 Å². The van der Waals surface area contributed by atoms with Crippen molar-refractivity contribution in [1.82, 2.24) is 15.2 Å². The summed E-state index contributed by atoms with van der Waals surface area (Å²) in [5.41, 5.74) is 2.68. The van der Waals surface area contributed by atoms with Crippen molar-refractivity contribution >= 4 is 5.91 Å².